The second kappa shape index (κ2) is 8.53. The summed E-state index contributed by atoms with van der Waals surface area (Å²) in [5.41, 5.74) is 0.617. The minimum Gasteiger partial charge on any atom is -0.455 e. The molecule has 0 spiro atoms. The molecule has 0 aliphatic carbocycles. The van der Waals surface area contributed by atoms with Gasteiger partial charge in [-0.15, -0.1) is 9.66 Å². The van der Waals surface area contributed by atoms with E-state index in [1.54, 1.807) is 21.4 Å². The van der Waals surface area contributed by atoms with Crippen molar-refractivity contribution < 1.29 is 30.0 Å². The van der Waals surface area contributed by atoms with Gasteiger partial charge < -0.3 is 4.74 Å². The number of nitrogens with two attached hydrogens (primary N) is 3. The second-order valence-corrected chi connectivity index (χ2v) is 11.0. The Bertz CT molecular complexity index is 1290. The van der Waals surface area contributed by atoms with Crippen LogP contribution >= 0.6 is 0 Å². The summed E-state index contributed by atoms with van der Waals surface area (Å²) < 4.78 is 78.9. The summed E-state index contributed by atoms with van der Waals surface area (Å²) in [5.74, 6) is 14.5. The van der Waals surface area contributed by atoms with Crippen molar-refractivity contribution >= 4 is 30.1 Å². The number of aryl methyl sites for hydroxylation is 2. The largest absolute Gasteiger partial charge is 0.455 e. The molecular formula is C14H20N6O7S3. The number of hydrogen-bond acceptors (Lipinski definition) is 10. The summed E-state index contributed by atoms with van der Waals surface area (Å²) in [4.78, 5) is 3.31. The predicted molar refractivity (Wildman–Crippen MR) is 106 cm³/mol. The van der Waals surface area contributed by atoms with Crippen molar-refractivity contribution in [3.05, 3.63) is 41.5 Å². The fourth-order valence-corrected chi connectivity index (χ4v) is 5.01. The molecule has 0 bridgehead atoms. The molecule has 0 saturated heterocycles. The summed E-state index contributed by atoms with van der Waals surface area (Å²) >= 11 is 0. The summed E-state index contributed by atoms with van der Waals surface area (Å²) in [6, 6.07) is 5.92. The maximum Gasteiger partial charge on any atom is 0.256 e. The molecule has 2 rings (SSSR count). The molecule has 0 fully saturated rings. The van der Waals surface area contributed by atoms with Crippen LogP contribution in [0.3, 0.4) is 0 Å². The number of hydrogen-bond donors (Lipinski definition) is 6. The molecule has 0 unspecified atom stereocenters. The zero-order valence-corrected chi connectivity index (χ0v) is 18.2. The first-order valence-electron chi connectivity index (χ1n) is 7.89. The minimum absolute atomic E-state index is 0.0624. The summed E-state index contributed by atoms with van der Waals surface area (Å²) in [5, 5.41) is 0. The van der Waals surface area contributed by atoms with Crippen molar-refractivity contribution in [3.8, 4) is 11.5 Å². The van der Waals surface area contributed by atoms with Crippen LogP contribution in [0.5, 0.6) is 11.5 Å². The highest BCUT2D eigenvalue weighted by atomic mass is 32.2. The van der Waals surface area contributed by atoms with E-state index in [0.717, 1.165) is 12.1 Å². The molecule has 0 heterocycles. The molecule has 0 aliphatic rings. The third-order valence-corrected chi connectivity index (χ3v) is 7.64. The molecule has 0 aromatic heterocycles. The maximum atomic E-state index is 12.4. The first-order valence-corrected chi connectivity index (χ1v) is 12.3. The number of hydrazine groups is 3. The van der Waals surface area contributed by atoms with E-state index >= 15 is 0 Å². The van der Waals surface area contributed by atoms with E-state index in [1.807, 2.05) is 0 Å². The molecule has 2 aromatic rings. The Morgan fingerprint density at radius 2 is 1.13 bits per heavy atom. The Hall–Kier alpha value is -2.15. The quantitative estimate of drug-likeness (QED) is 0.190. The number of rotatable bonds is 8. The lowest BCUT2D eigenvalue weighted by molar-refractivity contribution is 0.451. The average Bonchev–Trinajstić information content (AvgIpc) is 2.68. The zero-order valence-electron chi connectivity index (χ0n) is 15.7. The van der Waals surface area contributed by atoms with Crippen LogP contribution in [0.4, 0.5) is 0 Å². The van der Waals surface area contributed by atoms with E-state index < -0.39 is 45.6 Å². The molecule has 0 aliphatic heterocycles. The number of sulfonamides is 3. The Kier molecular flexibility index (Phi) is 6.86. The lowest BCUT2D eigenvalue weighted by Crippen LogP contribution is -2.33. The van der Waals surface area contributed by atoms with Crippen LogP contribution in [-0.2, 0) is 30.1 Å². The smallest absolute Gasteiger partial charge is 0.256 e. The monoisotopic (exact) mass is 480 g/mol. The van der Waals surface area contributed by atoms with Gasteiger partial charge in [-0.25, -0.2) is 25.3 Å². The first kappa shape index (κ1) is 24.1. The third-order valence-electron chi connectivity index (χ3n) is 3.89. The van der Waals surface area contributed by atoms with Crippen molar-refractivity contribution in [3.63, 3.8) is 0 Å². The van der Waals surface area contributed by atoms with Crippen LogP contribution in [0, 0.1) is 13.8 Å². The fourth-order valence-electron chi connectivity index (χ4n) is 2.44. The zero-order chi connectivity index (χ0) is 22.9. The predicted octanol–water partition coefficient (Wildman–Crippen LogP) is -1.45. The van der Waals surface area contributed by atoms with E-state index in [9.17, 15) is 25.3 Å². The lowest BCUT2D eigenvalue weighted by atomic mass is 10.2. The highest BCUT2D eigenvalue weighted by molar-refractivity contribution is 7.90. The van der Waals surface area contributed by atoms with Gasteiger partial charge in [-0.3, -0.25) is 17.5 Å². The van der Waals surface area contributed by atoms with Crippen molar-refractivity contribution in [1.29, 1.82) is 0 Å². The highest BCUT2D eigenvalue weighted by Gasteiger charge is 2.27. The molecule has 2 aromatic carbocycles. The van der Waals surface area contributed by atoms with Gasteiger partial charge in [0.05, 0.1) is 4.90 Å². The maximum absolute atomic E-state index is 12.4. The van der Waals surface area contributed by atoms with Gasteiger partial charge in [0.2, 0.25) is 0 Å². The lowest BCUT2D eigenvalue weighted by Gasteiger charge is -2.17. The summed E-state index contributed by atoms with van der Waals surface area (Å²) in [6.45, 7) is 2.98. The van der Waals surface area contributed by atoms with Crippen molar-refractivity contribution in [2.24, 2.45) is 17.5 Å². The van der Waals surface area contributed by atoms with Crippen molar-refractivity contribution in [2.75, 3.05) is 0 Å². The molecule has 166 valence electrons. The molecule has 0 amide bonds. The highest BCUT2D eigenvalue weighted by Crippen LogP contribution is 2.36. The molecular weight excluding hydrogens is 460 g/mol. The van der Waals surface area contributed by atoms with Gasteiger partial charge in [-0.1, -0.05) is 6.07 Å². The average molecular weight is 481 g/mol. The van der Waals surface area contributed by atoms with Crippen LogP contribution in [0.1, 0.15) is 11.1 Å². The van der Waals surface area contributed by atoms with E-state index in [4.69, 9.17) is 22.3 Å². The Morgan fingerprint density at radius 3 is 1.63 bits per heavy atom. The molecule has 30 heavy (non-hydrogen) atoms. The van der Waals surface area contributed by atoms with Crippen molar-refractivity contribution in [1.82, 2.24) is 14.5 Å². The molecule has 9 N–H and O–H groups in total. The molecule has 13 nitrogen and oxygen atoms in total. The van der Waals surface area contributed by atoms with Crippen LogP contribution in [-0.4, -0.2) is 25.3 Å². The Morgan fingerprint density at radius 1 is 0.667 bits per heavy atom. The number of ether oxygens (including phenoxy) is 1. The number of benzene rings is 2. The Balaban J connectivity index is 2.80. The van der Waals surface area contributed by atoms with E-state index in [-0.39, 0.29) is 16.2 Å². The van der Waals surface area contributed by atoms with Gasteiger partial charge in [0, 0.05) is 0 Å². The van der Waals surface area contributed by atoms with Crippen LogP contribution in [0.25, 0.3) is 0 Å². The fraction of sp³-hybridized carbons (Fsp3) is 0.143. The minimum atomic E-state index is -4.44. The van der Waals surface area contributed by atoms with Gasteiger partial charge in [-0.05, 0) is 49.2 Å². The molecule has 16 heteroatoms. The molecule has 0 radical (unpaired) electrons. The normalized spacial score (nSPS) is 12.7. The van der Waals surface area contributed by atoms with Crippen LogP contribution in [0.2, 0.25) is 0 Å². The second-order valence-electron chi connectivity index (χ2n) is 5.98. The van der Waals surface area contributed by atoms with Crippen LogP contribution in [0.15, 0.2) is 45.0 Å². The van der Waals surface area contributed by atoms with Gasteiger partial charge in [0.25, 0.3) is 30.1 Å². The first-order chi connectivity index (χ1) is 13.8. The van der Waals surface area contributed by atoms with E-state index in [2.05, 4.69) is 0 Å². The van der Waals surface area contributed by atoms with Gasteiger partial charge in [-0.2, -0.15) is 4.83 Å². The molecule has 0 atom stereocenters. The van der Waals surface area contributed by atoms with Gasteiger partial charge in [0.15, 0.2) is 0 Å². The van der Waals surface area contributed by atoms with E-state index in [0.29, 0.717) is 5.56 Å². The van der Waals surface area contributed by atoms with Crippen molar-refractivity contribution in [2.45, 2.75) is 28.5 Å². The van der Waals surface area contributed by atoms with Gasteiger partial charge >= 0.3 is 0 Å². The summed E-state index contributed by atoms with van der Waals surface area (Å²) in [6.07, 6.45) is 0. The number of nitrogens with one attached hydrogen (secondary N) is 3. The Labute approximate surface area is 173 Å². The third kappa shape index (κ3) is 4.77. The SMILES string of the molecule is Cc1ccc(Oc2cc(C)c(S(=O)(=O)NN)cc2S(=O)(=O)NN)c(S(=O)(=O)NN)c1. The topological polar surface area (TPSA) is 226 Å². The summed E-state index contributed by atoms with van der Waals surface area (Å²) in [7, 11) is -12.9. The standard InChI is InChI=1S/C14H20N6O7S3/c1-8-3-4-10(13(5-8)29(23,24)19-16)27-11-6-9(2)12(28(21,22)18-15)7-14(11)30(25,26)20-17/h3-7,18-20H,15-17H2,1-2H3. The van der Waals surface area contributed by atoms with Gasteiger partial charge in [0.1, 0.15) is 21.3 Å². The van der Waals surface area contributed by atoms with E-state index in [1.165, 1.54) is 25.1 Å². The van der Waals surface area contributed by atoms with Crippen LogP contribution < -0.4 is 36.8 Å². The molecule has 0 saturated carbocycles.